The molecular weight excluding hydrogens is 407 g/mol. The molecule has 150 valence electrons. The van der Waals surface area contributed by atoms with Crippen molar-refractivity contribution in [2.45, 2.75) is 26.5 Å². The number of aromatic nitrogens is 2. The number of halogens is 2. The van der Waals surface area contributed by atoms with Gasteiger partial charge in [0.1, 0.15) is 6.61 Å². The minimum atomic E-state index is 0.162. The number of fused-ring (bicyclic) bond motifs is 1. The highest BCUT2D eigenvalue weighted by Gasteiger charge is 2.18. The zero-order valence-corrected chi connectivity index (χ0v) is 17.9. The van der Waals surface area contributed by atoms with Crippen LogP contribution in [-0.4, -0.2) is 28.5 Å². The Morgan fingerprint density at radius 2 is 1.97 bits per heavy atom. The average Bonchev–Trinajstić information content (AvgIpc) is 2.68. The van der Waals surface area contributed by atoms with Crippen LogP contribution >= 0.6 is 23.2 Å². The molecule has 0 saturated heterocycles. The van der Waals surface area contributed by atoms with Crippen LogP contribution in [0.3, 0.4) is 0 Å². The maximum atomic E-state index is 6.22. The lowest BCUT2D eigenvalue weighted by Crippen LogP contribution is -2.27. The van der Waals surface area contributed by atoms with Crippen molar-refractivity contribution in [3.8, 4) is 17.1 Å². The average molecular weight is 429 g/mol. The van der Waals surface area contributed by atoms with E-state index in [0.717, 1.165) is 30.8 Å². The first-order valence-corrected chi connectivity index (χ1v) is 10.2. The Bertz CT molecular complexity index is 1050. The maximum absolute atomic E-state index is 6.22. The van der Waals surface area contributed by atoms with Crippen molar-refractivity contribution in [2.24, 2.45) is 0 Å². The number of likely N-dealkylation sites (N-methyl/N-ethyl adjacent to an activating group) is 1. The number of nitrogens with zero attached hydrogens (tertiary/aromatic N) is 3. The molecular formula is C22H22Cl2N4O. The van der Waals surface area contributed by atoms with Gasteiger partial charge in [0.2, 0.25) is 0 Å². The minimum Gasteiger partial charge on any atom is -0.470 e. The van der Waals surface area contributed by atoms with Crippen LogP contribution in [0.25, 0.3) is 11.3 Å². The minimum absolute atomic E-state index is 0.162. The fourth-order valence-corrected chi connectivity index (χ4v) is 4.15. The van der Waals surface area contributed by atoms with E-state index in [0.29, 0.717) is 15.6 Å². The van der Waals surface area contributed by atoms with Crippen molar-refractivity contribution >= 4 is 29.0 Å². The Kier molecular flexibility index (Phi) is 5.63. The van der Waals surface area contributed by atoms with Gasteiger partial charge in [-0.25, -0.2) is 9.97 Å². The van der Waals surface area contributed by atoms with Crippen LogP contribution < -0.4 is 10.5 Å². The predicted octanol–water partition coefficient (Wildman–Crippen LogP) is 4.91. The first-order valence-electron chi connectivity index (χ1n) is 9.42. The molecule has 0 bridgehead atoms. The van der Waals surface area contributed by atoms with Gasteiger partial charge in [-0.15, -0.1) is 0 Å². The highest BCUT2D eigenvalue weighted by Crippen LogP contribution is 2.31. The molecule has 1 aliphatic heterocycles. The Morgan fingerprint density at radius 3 is 2.72 bits per heavy atom. The van der Waals surface area contributed by atoms with Gasteiger partial charge in [-0.05, 0) is 61.3 Å². The highest BCUT2D eigenvalue weighted by molar-refractivity contribution is 6.35. The van der Waals surface area contributed by atoms with Gasteiger partial charge in [-0.3, -0.25) is 0 Å². The van der Waals surface area contributed by atoms with Crippen molar-refractivity contribution in [3.63, 3.8) is 0 Å². The molecule has 5 nitrogen and oxygen atoms in total. The summed E-state index contributed by atoms with van der Waals surface area (Å²) in [5.74, 6) is 0.498. The fraction of sp³-hybridized carbons (Fsp3) is 0.273. The summed E-state index contributed by atoms with van der Waals surface area (Å²) in [7, 11) is 2.14. The first-order chi connectivity index (χ1) is 13.9. The summed E-state index contributed by atoms with van der Waals surface area (Å²) in [5.41, 5.74) is 12.4. The molecule has 0 radical (unpaired) electrons. The summed E-state index contributed by atoms with van der Waals surface area (Å²) in [6.07, 6.45) is 2.75. The largest absolute Gasteiger partial charge is 0.470 e. The molecule has 0 atom stereocenters. The number of ether oxygens (including phenoxy) is 1. The summed E-state index contributed by atoms with van der Waals surface area (Å²) >= 11 is 12.4. The molecule has 0 spiro atoms. The summed E-state index contributed by atoms with van der Waals surface area (Å²) < 4.78 is 5.83. The monoisotopic (exact) mass is 428 g/mol. The molecule has 2 N–H and O–H groups in total. The second kappa shape index (κ2) is 8.19. The van der Waals surface area contributed by atoms with Gasteiger partial charge in [-0.1, -0.05) is 29.3 Å². The molecule has 3 aromatic rings. The predicted molar refractivity (Wildman–Crippen MR) is 117 cm³/mol. The summed E-state index contributed by atoms with van der Waals surface area (Å²) in [4.78, 5) is 11.2. The Balaban J connectivity index is 1.64. The molecule has 7 heteroatoms. The fourth-order valence-electron chi connectivity index (χ4n) is 3.65. The molecule has 0 fully saturated rings. The molecule has 1 aliphatic rings. The molecule has 29 heavy (non-hydrogen) atoms. The maximum Gasteiger partial charge on any atom is 0.258 e. The zero-order valence-electron chi connectivity index (χ0n) is 16.4. The van der Waals surface area contributed by atoms with Crippen molar-refractivity contribution in [1.29, 1.82) is 0 Å². The SMILES string of the molecule is Cc1cc(-c2cnc(N)c(OCc3c(Cl)cccc3Cl)n2)cc2c1CCN(C)C2. The normalized spacial score (nSPS) is 13.9. The molecule has 0 unspecified atom stereocenters. The number of anilines is 1. The summed E-state index contributed by atoms with van der Waals surface area (Å²) in [5, 5.41) is 1.07. The van der Waals surface area contributed by atoms with E-state index >= 15 is 0 Å². The number of benzene rings is 2. The molecule has 0 aliphatic carbocycles. The third kappa shape index (κ3) is 4.17. The van der Waals surface area contributed by atoms with Crippen LogP contribution in [0.4, 0.5) is 5.82 Å². The van der Waals surface area contributed by atoms with E-state index in [1.807, 2.05) is 0 Å². The first kappa shape index (κ1) is 20.0. The second-order valence-corrected chi connectivity index (χ2v) is 8.17. The van der Waals surface area contributed by atoms with E-state index in [2.05, 4.69) is 41.0 Å². The molecule has 2 heterocycles. The standard InChI is InChI=1S/C22H22Cl2N4O/c1-13-8-14(9-15-11-28(2)7-6-16(13)15)20-10-26-21(25)22(27-20)29-12-17-18(23)4-3-5-19(17)24/h3-5,8-10H,6-7,11-12H2,1-2H3,(H2,25,26). The van der Waals surface area contributed by atoms with Crippen molar-refractivity contribution in [1.82, 2.24) is 14.9 Å². The van der Waals surface area contributed by atoms with Gasteiger partial charge in [0.25, 0.3) is 5.88 Å². The number of nitrogens with two attached hydrogens (primary N) is 1. The Labute approximate surface area is 180 Å². The molecule has 2 aromatic carbocycles. The lowest BCUT2D eigenvalue weighted by Gasteiger charge is -2.27. The number of nitrogen functional groups attached to an aromatic ring is 1. The van der Waals surface area contributed by atoms with Gasteiger partial charge in [-0.2, -0.15) is 0 Å². The lowest BCUT2D eigenvalue weighted by atomic mass is 9.92. The number of hydrogen-bond acceptors (Lipinski definition) is 5. The Morgan fingerprint density at radius 1 is 1.21 bits per heavy atom. The van der Waals surface area contributed by atoms with Crippen molar-refractivity contribution < 1.29 is 4.74 Å². The van der Waals surface area contributed by atoms with Crippen LogP contribution in [0, 0.1) is 6.92 Å². The van der Waals surface area contributed by atoms with Crippen molar-refractivity contribution in [2.75, 3.05) is 19.3 Å². The van der Waals surface area contributed by atoms with Crippen LogP contribution in [0.1, 0.15) is 22.3 Å². The topological polar surface area (TPSA) is 64.3 Å². The van der Waals surface area contributed by atoms with E-state index in [9.17, 15) is 0 Å². The van der Waals surface area contributed by atoms with Gasteiger partial charge in [0.15, 0.2) is 5.82 Å². The van der Waals surface area contributed by atoms with Gasteiger partial charge >= 0.3 is 0 Å². The smallest absolute Gasteiger partial charge is 0.258 e. The molecule has 1 aromatic heterocycles. The third-order valence-electron chi connectivity index (χ3n) is 5.23. The van der Waals surface area contributed by atoms with Gasteiger partial charge in [0, 0.05) is 34.3 Å². The second-order valence-electron chi connectivity index (χ2n) is 7.35. The van der Waals surface area contributed by atoms with Gasteiger partial charge in [0.05, 0.1) is 11.9 Å². The van der Waals surface area contributed by atoms with Gasteiger partial charge < -0.3 is 15.4 Å². The van der Waals surface area contributed by atoms with Crippen LogP contribution in [0.2, 0.25) is 10.0 Å². The van der Waals surface area contributed by atoms with Crippen LogP contribution in [0.5, 0.6) is 5.88 Å². The molecule has 0 amide bonds. The van der Waals surface area contributed by atoms with Crippen molar-refractivity contribution in [3.05, 3.63) is 68.8 Å². The van der Waals surface area contributed by atoms with E-state index < -0.39 is 0 Å². The Hall–Kier alpha value is -2.34. The number of aryl methyl sites for hydroxylation is 1. The van der Waals surface area contributed by atoms with E-state index in [-0.39, 0.29) is 18.3 Å². The summed E-state index contributed by atoms with van der Waals surface area (Å²) in [6.45, 7) is 4.32. The van der Waals surface area contributed by atoms with Crippen LogP contribution in [-0.2, 0) is 19.6 Å². The van der Waals surface area contributed by atoms with E-state index in [1.165, 1.54) is 16.7 Å². The number of rotatable bonds is 4. The quantitative estimate of drug-likeness (QED) is 0.639. The lowest BCUT2D eigenvalue weighted by molar-refractivity contribution is 0.295. The zero-order chi connectivity index (χ0) is 20.5. The molecule has 4 rings (SSSR count). The van der Waals surface area contributed by atoms with E-state index in [4.69, 9.17) is 33.7 Å². The highest BCUT2D eigenvalue weighted by atomic mass is 35.5. The third-order valence-corrected chi connectivity index (χ3v) is 5.94. The van der Waals surface area contributed by atoms with E-state index in [1.54, 1.807) is 24.4 Å². The van der Waals surface area contributed by atoms with Crippen LogP contribution in [0.15, 0.2) is 36.5 Å². The number of hydrogen-bond donors (Lipinski definition) is 1. The summed E-state index contributed by atoms with van der Waals surface area (Å²) in [6, 6.07) is 9.67. The molecule has 0 saturated carbocycles.